The normalized spacial score (nSPS) is 20.9. The van der Waals surface area contributed by atoms with Gasteiger partial charge in [-0.05, 0) is 49.6 Å². The van der Waals surface area contributed by atoms with Crippen molar-refractivity contribution in [2.45, 2.75) is 43.9 Å². The molecule has 0 aliphatic heterocycles. The number of fused-ring (bicyclic) bond motifs is 1. The molecule has 1 nitrogen and oxygen atoms in total. The van der Waals surface area contributed by atoms with Crippen LogP contribution in [0.15, 0.2) is 24.3 Å². The molecule has 0 saturated carbocycles. The van der Waals surface area contributed by atoms with Crippen molar-refractivity contribution in [3.8, 4) is 0 Å². The molecule has 0 bridgehead atoms. The molecular weight excluding hydrogens is 226 g/mol. The lowest BCUT2D eigenvalue weighted by molar-refractivity contribution is 0.454. The van der Waals surface area contributed by atoms with Crippen LogP contribution in [0.1, 0.15) is 30.9 Å². The average Bonchev–Trinajstić information content (AvgIpc) is 2.38. The Hall–Kier alpha value is -0.470. The van der Waals surface area contributed by atoms with E-state index in [9.17, 15) is 0 Å². The van der Waals surface area contributed by atoms with E-state index >= 15 is 0 Å². The van der Waals surface area contributed by atoms with Crippen LogP contribution < -0.4 is 5.32 Å². The van der Waals surface area contributed by atoms with Crippen LogP contribution in [0, 0.1) is 0 Å². The van der Waals surface area contributed by atoms with Crippen LogP contribution in [0.5, 0.6) is 0 Å². The summed E-state index contributed by atoms with van der Waals surface area (Å²) >= 11 is 1.96. The highest BCUT2D eigenvalue weighted by Gasteiger charge is 2.17. The summed E-state index contributed by atoms with van der Waals surface area (Å²) in [6, 6.07) is 9.58. The number of aryl methyl sites for hydroxylation is 1. The summed E-state index contributed by atoms with van der Waals surface area (Å²) in [5, 5.41) is 4.49. The first-order valence-corrected chi connectivity index (χ1v) is 7.91. The van der Waals surface area contributed by atoms with Crippen molar-refractivity contribution < 1.29 is 0 Å². The minimum Gasteiger partial charge on any atom is -0.314 e. The molecule has 1 aromatic rings. The van der Waals surface area contributed by atoms with E-state index in [-0.39, 0.29) is 0 Å². The monoisotopic (exact) mass is 249 g/mol. The lowest BCUT2D eigenvalue weighted by Gasteiger charge is -2.26. The van der Waals surface area contributed by atoms with Crippen molar-refractivity contribution in [1.29, 1.82) is 0 Å². The van der Waals surface area contributed by atoms with Crippen LogP contribution in [0.2, 0.25) is 0 Å². The Kier molecular flexibility index (Phi) is 4.93. The second-order valence-electron chi connectivity index (χ2n) is 5.00. The van der Waals surface area contributed by atoms with Crippen LogP contribution in [-0.4, -0.2) is 24.1 Å². The Labute approximate surface area is 109 Å². The van der Waals surface area contributed by atoms with Crippen LogP contribution in [0.25, 0.3) is 0 Å². The van der Waals surface area contributed by atoms with Gasteiger partial charge in [0.1, 0.15) is 0 Å². The Bertz CT molecular complexity index is 351. The third-order valence-electron chi connectivity index (χ3n) is 3.73. The molecule has 1 N–H and O–H groups in total. The van der Waals surface area contributed by atoms with Gasteiger partial charge in [-0.15, -0.1) is 0 Å². The summed E-state index contributed by atoms with van der Waals surface area (Å²) < 4.78 is 0. The summed E-state index contributed by atoms with van der Waals surface area (Å²) in [6.07, 6.45) is 7.22. The van der Waals surface area contributed by atoms with E-state index in [0.717, 1.165) is 11.8 Å². The van der Waals surface area contributed by atoms with Crippen molar-refractivity contribution in [2.24, 2.45) is 0 Å². The number of thioether (sulfide) groups is 1. The molecule has 0 fully saturated rings. The van der Waals surface area contributed by atoms with E-state index in [2.05, 4.69) is 42.8 Å². The molecule has 0 saturated heterocycles. The van der Waals surface area contributed by atoms with E-state index in [1.54, 1.807) is 11.1 Å². The SMILES string of the molecule is CSC(C)CCNC1CCc2ccccc2C1. The molecule has 0 heterocycles. The van der Waals surface area contributed by atoms with Gasteiger partial charge in [-0.1, -0.05) is 31.2 Å². The number of benzene rings is 1. The van der Waals surface area contributed by atoms with Gasteiger partial charge in [0, 0.05) is 11.3 Å². The van der Waals surface area contributed by atoms with Crippen molar-refractivity contribution in [2.75, 3.05) is 12.8 Å². The van der Waals surface area contributed by atoms with Gasteiger partial charge in [-0.2, -0.15) is 11.8 Å². The summed E-state index contributed by atoms with van der Waals surface area (Å²) in [6.45, 7) is 3.47. The smallest absolute Gasteiger partial charge is 0.0111 e. The predicted molar refractivity (Wildman–Crippen MR) is 77.9 cm³/mol. The number of hydrogen-bond acceptors (Lipinski definition) is 2. The Morgan fingerprint density at radius 3 is 2.88 bits per heavy atom. The highest BCUT2D eigenvalue weighted by molar-refractivity contribution is 7.99. The topological polar surface area (TPSA) is 12.0 Å². The molecule has 1 aliphatic carbocycles. The fourth-order valence-electron chi connectivity index (χ4n) is 2.48. The van der Waals surface area contributed by atoms with Crippen LogP contribution >= 0.6 is 11.8 Å². The summed E-state index contributed by atoms with van der Waals surface area (Å²) in [7, 11) is 0. The fraction of sp³-hybridized carbons (Fsp3) is 0.600. The number of rotatable bonds is 5. The van der Waals surface area contributed by atoms with Crippen molar-refractivity contribution >= 4 is 11.8 Å². The molecule has 94 valence electrons. The quantitative estimate of drug-likeness (QED) is 0.859. The second kappa shape index (κ2) is 6.46. The van der Waals surface area contributed by atoms with Crippen LogP contribution in [0.3, 0.4) is 0 Å². The molecule has 0 spiro atoms. The summed E-state index contributed by atoms with van der Waals surface area (Å²) in [5.41, 5.74) is 3.11. The highest BCUT2D eigenvalue weighted by atomic mass is 32.2. The third kappa shape index (κ3) is 3.75. The number of hydrogen-bond donors (Lipinski definition) is 1. The van der Waals surface area contributed by atoms with E-state index in [4.69, 9.17) is 0 Å². The lowest BCUT2D eigenvalue weighted by Crippen LogP contribution is -2.35. The molecule has 2 atom stereocenters. The van der Waals surface area contributed by atoms with Gasteiger partial charge in [0.25, 0.3) is 0 Å². The molecule has 0 aromatic heterocycles. The lowest BCUT2D eigenvalue weighted by atomic mass is 9.88. The van der Waals surface area contributed by atoms with Gasteiger partial charge in [-0.3, -0.25) is 0 Å². The molecule has 1 aromatic carbocycles. The van der Waals surface area contributed by atoms with Gasteiger partial charge in [-0.25, -0.2) is 0 Å². The van der Waals surface area contributed by atoms with E-state index in [1.165, 1.54) is 25.7 Å². The largest absolute Gasteiger partial charge is 0.314 e. The maximum atomic E-state index is 3.71. The molecule has 2 heteroatoms. The zero-order valence-corrected chi connectivity index (χ0v) is 11.7. The zero-order chi connectivity index (χ0) is 12.1. The first kappa shape index (κ1) is 13.0. The van der Waals surface area contributed by atoms with Crippen molar-refractivity contribution in [1.82, 2.24) is 5.32 Å². The minimum absolute atomic E-state index is 0.693. The molecule has 0 amide bonds. The Balaban J connectivity index is 1.78. The van der Waals surface area contributed by atoms with Crippen molar-refractivity contribution in [3.63, 3.8) is 0 Å². The molecule has 0 radical (unpaired) electrons. The summed E-state index contributed by atoms with van der Waals surface area (Å²) in [4.78, 5) is 0. The Morgan fingerprint density at radius 1 is 1.35 bits per heavy atom. The minimum atomic E-state index is 0.693. The first-order valence-electron chi connectivity index (χ1n) is 6.62. The highest BCUT2D eigenvalue weighted by Crippen LogP contribution is 2.21. The van der Waals surface area contributed by atoms with Gasteiger partial charge < -0.3 is 5.32 Å². The van der Waals surface area contributed by atoms with Crippen LogP contribution in [0.4, 0.5) is 0 Å². The van der Waals surface area contributed by atoms with Gasteiger partial charge >= 0.3 is 0 Å². The number of nitrogens with one attached hydrogen (secondary N) is 1. The molecule has 17 heavy (non-hydrogen) atoms. The van der Waals surface area contributed by atoms with Crippen molar-refractivity contribution in [3.05, 3.63) is 35.4 Å². The van der Waals surface area contributed by atoms with E-state index in [1.807, 2.05) is 11.8 Å². The van der Waals surface area contributed by atoms with Gasteiger partial charge in [0.15, 0.2) is 0 Å². The molecule has 2 rings (SSSR count). The maximum Gasteiger partial charge on any atom is 0.0111 e. The van der Waals surface area contributed by atoms with E-state index in [0.29, 0.717) is 6.04 Å². The second-order valence-corrected chi connectivity index (χ2v) is 6.27. The molecule has 2 unspecified atom stereocenters. The zero-order valence-electron chi connectivity index (χ0n) is 10.9. The summed E-state index contributed by atoms with van der Waals surface area (Å²) in [5.74, 6) is 0. The van der Waals surface area contributed by atoms with Gasteiger partial charge in [0.2, 0.25) is 0 Å². The first-order chi connectivity index (χ1) is 8.29. The molecular formula is C15H23NS. The average molecular weight is 249 g/mol. The fourth-order valence-corrected chi connectivity index (χ4v) is 2.83. The maximum absolute atomic E-state index is 3.71. The third-order valence-corrected chi connectivity index (χ3v) is 4.77. The van der Waals surface area contributed by atoms with E-state index < -0.39 is 0 Å². The Morgan fingerprint density at radius 2 is 2.12 bits per heavy atom. The molecule has 1 aliphatic rings. The predicted octanol–water partition coefficient (Wildman–Crippen LogP) is 3.28. The standard InChI is InChI=1S/C15H23NS/c1-12(17-2)9-10-16-15-8-7-13-5-3-4-6-14(13)11-15/h3-6,12,15-16H,7-11H2,1-2H3. The van der Waals surface area contributed by atoms with Gasteiger partial charge in [0.05, 0.1) is 0 Å². The van der Waals surface area contributed by atoms with Crippen LogP contribution in [-0.2, 0) is 12.8 Å².